The SMILES string of the molecule is COC(=O)[I-]c1ccccc1Cl. The zero-order chi connectivity index (χ0) is 8.97. The van der Waals surface area contributed by atoms with E-state index in [-0.39, 0.29) is 3.98 Å². The number of benzene rings is 1. The summed E-state index contributed by atoms with van der Waals surface area (Å²) in [6.07, 6.45) is 0. The molecular formula is C8H7ClIO2-. The fraction of sp³-hybridized carbons (Fsp3) is 0.125. The topological polar surface area (TPSA) is 26.3 Å². The number of rotatable bonds is 2. The second-order valence-corrected chi connectivity index (χ2v) is 4.94. The number of methoxy groups -OCH3 is 1. The van der Waals surface area contributed by atoms with Crippen molar-refractivity contribution in [2.24, 2.45) is 0 Å². The number of carbonyl (C=O) groups excluding carboxylic acids is 1. The zero-order valence-corrected chi connectivity index (χ0v) is 9.30. The van der Waals surface area contributed by atoms with Gasteiger partial charge in [0.2, 0.25) is 0 Å². The van der Waals surface area contributed by atoms with Crippen molar-refractivity contribution >= 4 is 15.6 Å². The van der Waals surface area contributed by atoms with Gasteiger partial charge in [0, 0.05) is 0 Å². The van der Waals surface area contributed by atoms with Gasteiger partial charge < -0.3 is 0 Å². The molecule has 0 aromatic heterocycles. The fourth-order valence-electron chi connectivity index (χ4n) is 0.638. The van der Waals surface area contributed by atoms with E-state index in [1.165, 1.54) is 7.11 Å². The number of hydrogen-bond acceptors (Lipinski definition) is 2. The van der Waals surface area contributed by atoms with Crippen LogP contribution in [-0.2, 0) is 4.74 Å². The Morgan fingerprint density at radius 1 is 1.50 bits per heavy atom. The first kappa shape index (κ1) is 9.80. The Bertz CT molecular complexity index is 288. The van der Waals surface area contributed by atoms with Gasteiger partial charge in [-0.25, -0.2) is 0 Å². The quantitative estimate of drug-likeness (QED) is 0.536. The molecule has 1 aromatic rings. The average molecular weight is 297 g/mol. The second kappa shape index (κ2) is 4.67. The van der Waals surface area contributed by atoms with Gasteiger partial charge in [-0.1, -0.05) is 0 Å². The molecule has 0 fully saturated rings. The van der Waals surface area contributed by atoms with Crippen molar-refractivity contribution in [3.8, 4) is 0 Å². The van der Waals surface area contributed by atoms with Crippen molar-refractivity contribution in [3.05, 3.63) is 32.9 Å². The summed E-state index contributed by atoms with van der Waals surface area (Å²) in [4.78, 5) is 10.9. The van der Waals surface area contributed by atoms with Crippen LogP contribution in [0.1, 0.15) is 0 Å². The van der Waals surface area contributed by atoms with Gasteiger partial charge in [0.25, 0.3) is 0 Å². The first-order valence-electron chi connectivity index (χ1n) is 3.21. The number of ether oxygens (including phenoxy) is 1. The Balaban J connectivity index is 2.75. The van der Waals surface area contributed by atoms with E-state index in [0.29, 0.717) is 5.02 Å². The molecule has 2 nitrogen and oxygen atoms in total. The third-order valence-corrected chi connectivity index (χ3v) is 4.21. The van der Waals surface area contributed by atoms with Crippen LogP contribution in [0.15, 0.2) is 24.3 Å². The van der Waals surface area contributed by atoms with E-state index >= 15 is 0 Å². The van der Waals surface area contributed by atoms with Crippen LogP contribution in [0.25, 0.3) is 0 Å². The second-order valence-electron chi connectivity index (χ2n) is 1.95. The molecule has 1 rings (SSSR count). The van der Waals surface area contributed by atoms with E-state index in [4.69, 9.17) is 11.6 Å². The molecule has 0 aliphatic rings. The Labute approximate surface area is 86.1 Å². The van der Waals surface area contributed by atoms with Crippen molar-refractivity contribution in [1.29, 1.82) is 0 Å². The van der Waals surface area contributed by atoms with Crippen LogP contribution < -0.4 is 21.2 Å². The molecular weight excluding hydrogens is 290 g/mol. The van der Waals surface area contributed by atoms with Crippen molar-refractivity contribution in [2.45, 2.75) is 0 Å². The van der Waals surface area contributed by atoms with Crippen LogP contribution in [0, 0.1) is 3.57 Å². The van der Waals surface area contributed by atoms with Crippen molar-refractivity contribution in [2.75, 3.05) is 7.11 Å². The van der Waals surface area contributed by atoms with E-state index in [0.717, 1.165) is 3.57 Å². The van der Waals surface area contributed by atoms with Gasteiger partial charge in [-0.2, -0.15) is 0 Å². The first-order chi connectivity index (χ1) is 5.74. The Hall–Kier alpha value is -0.290. The summed E-state index contributed by atoms with van der Waals surface area (Å²) < 4.78 is 5.30. The van der Waals surface area contributed by atoms with Crippen molar-refractivity contribution in [1.82, 2.24) is 0 Å². The number of carbonyl (C=O) groups is 1. The standard InChI is InChI=1S/C8H7ClIO2/c1-12-8(11)10-7-5-3-2-4-6(7)9/h2-5H,1H3/q-1. The van der Waals surface area contributed by atoms with Gasteiger partial charge in [-0.05, 0) is 0 Å². The summed E-state index contributed by atoms with van der Waals surface area (Å²) >= 11 is 5.09. The predicted molar refractivity (Wildman–Crippen MR) is 42.6 cm³/mol. The molecule has 0 heterocycles. The molecule has 0 aliphatic carbocycles. The van der Waals surface area contributed by atoms with Gasteiger partial charge in [0.15, 0.2) is 0 Å². The maximum absolute atomic E-state index is 10.9. The van der Waals surface area contributed by atoms with Crippen LogP contribution in [0.5, 0.6) is 0 Å². The fourth-order valence-corrected chi connectivity index (χ4v) is 2.53. The number of hydrogen-bond donors (Lipinski definition) is 0. The van der Waals surface area contributed by atoms with Crippen molar-refractivity contribution in [3.63, 3.8) is 0 Å². The van der Waals surface area contributed by atoms with Crippen LogP contribution in [-0.4, -0.2) is 11.1 Å². The molecule has 0 saturated heterocycles. The van der Waals surface area contributed by atoms with E-state index in [1.54, 1.807) is 6.07 Å². The van der Waals surface area contributed by atoms with Gasteiger partial charge in [-0.15, -0.1) is 0 Å². The molecule has 0 saturated carbocycles. The van der Waals surface area contributed by atoms with Crippen LogP contribution >= 0.6 is 11.6 Å². The van der Waals surface area contributed by atoms with E-state index in [1.807, 2.05) is 18.2 Å². The minimum absolute atomic E-state index is 0.165. The molecule has 66 valence electrons. The summed E-state index contributed by atoms with van der Waals surface area (Å²) in [5.74, 6) is 0. The van der Waals surface area contributed by atoms with Crippen LogP contribution in [0.3, 0.4) is 0 Å². The normalized spacial score (nSPS) is 9.83. The zero-order valence-electron chi connectivity index (χ0n) is 6.38. The molecule has 12 heavy (non-hydrogen) atoms. The van der Waals surface area contributed by atoms with Crippen LogP contribution in [0.2, 0.25) is 5.02 Å². The molecule has 1 aromatic carbocycles. The van der Waals surface area contributed by atoms with Crippen LogP contribution in [0.4, 0.5) is 4.79 Å². The van der Waals surface area contributed by atoms with E-state index in [2.05, 4.69) is 4.74 Å². The molecule has 0 atom stereocenters. The minimum atomic E-state index is -0.751. The van der Waals surface area contributed by atoms with Gasteiger partial charge >= 0.3 is 86.3 Å². The van der Waals surface area contributed by atoms with Gasteiger partial charge in [-0.3, -0.25) is 0 Å². The molecule has 0 bridgehead atoms. The summed E-state index contributed by atoms with van der Waals surface area (Å²) in [7, 11) is 1.39. The van der Waals surface area contributed by atoms with E-state index in [9.17, 15) is 4.79 Å². The Morgan fingerprint density at radius 3 is 2.75 bits per heavy atom. The first-order valence-corrected chi connectivity index (χ1v) is 5.75. The Kier molecular flexibility index (Phi) is 3.81. The third-order valence-electron chi connectivity index (χ3n) is 1.16. The number of halogens is 2. The summed E-state index contributed by atoms with van der Waals surface area (Å²) in [6.45, 7) is 0. The molecule has 0 N–H and O–H groups in total. The summed E-state index contributed by atoms with van der Waals surface area (Å²) in [5, 5.41) is 0.649. The molecule has 0 amide bonds. The monoisotopic (exact) mass is 297 g/mol. The average Bonchev–Trinajstić information content (AvgIpc) is 2.09. The predicted octanol–water partition coefficient (Wildman–Crippen LogP) is -0.635. The Morgan fingerprint density at radius 2 is 2.17 bits per heavy atom. The summed E-state index contributed by atoms with van der Waals surface area (Å²) in [6, 6.07) is 7.34. The third kappa shape index (κ3) is 2.64. The molecule has 0 spiro atoms. The summed E-state index contributed by atoms with van der Waals surface area (Å²) in [5.41, 5.74) is 0. The van der Waals surface area contributed by atoms with Gasteiger partial charge in [0.1, 0.15) is 0 Å². The molecule has 0 aliphatic heterocycles. The van der Waals surface area contributed by atoms with E-state index < -0.39 is 21.2 Å². The molecule has 0 radical (unpaired) electrons. The van der Waals surface area contributed by atoms with Crippen molar-refractivity contribution < 1.29 is 30.7 Å². The molecule has 4 heteroatoms. The van der Waals surface area contributed by atoms with Gasteiger partial charge in [0.05, 0.1) is 0 Å². The molecule has 0 unspecified atom stereocenters. The maximum atomic E-state index is 10.9.